The van der Waals surface area contributed by atoms with E-state index in [-0.39, 0.29) is 5.91 Å². The molecule has 0 saturated heterocycles. The molecule has 2 rings (SSSR count). The minimum absolute atomic E-state index is 0.338. The molecule has 23 heavy (non-hydrogen) atoms. The minimum Gasteiger partial charge on any atom is -0.338 e. The molecule has 8 heteroatoms. The number of thiophene rings is 1. The summed E-state index contributed by atoms with van der Waals surface area (Å²) in [5.74, 6) is 0.340. The first-order chi connectivity index (χ1) is 10.8. The summed E-state index contributed by atoms with van der Waals surface area (Å²) in [6.07, 6.45) is 0. The van der Waals surface area contributed by atoms with Gasteiger partial charge in [0.25, 0.3) is 0 Å². The van der Waals surface area contributed by atoms with Crippen molar-refractivity contribution < 1.29 is 9.59 Å². The number of aromatic nitrogens is 2. The molecule has 0 spiro atoms. The topological polar surface area (TPSA) is 84.0 Å². The maximum absolute atomic E-state index is 12.1. The summed E-state index contributed by atoms with van der Waals surface area (Å²) < 4.78 is 0. The molecular weight excluding hydrogens is 332 g/mol. The standard InChI is InChI=1S/C15H20N4O2S2/c1-6-16-15(21)19-12(20)9(4)23-14-11-7(2)8(3)22-13(11)17-10(5)18-14/h9H,6H2,1-5H3,(H2,16,19,20,21)/t9-/m1/s1. The van der Waals surface area contributed by atoms with E-state index in [1.54, 1.807) is 25.2 Å². The Hall–Kier alpha value is -1.67. The average Bonchev–Trinajstić information content (AvgIpc) is 2.73. The number of hydrogen-bond acceptors (Lipinski definition) is 6. The maximum atomic E-state index is 12.1. The van der Waals surface area contributed by atoms with Crippen molar-refractivity contribution in [2.24, 2.45) is 0 Å². The Morgan fingerprint density at radius 2 is 1.96 bits per heavy atom. The number of carbonyl (C=O) groups is 2. The lowest BCUT2D eigenvalue weighted by Gasteiger charge is -2.12. The highest BCUT2D eigenvalue weighted by Gasteiger charge is 2.21. The van der Waals surface area contributed by atoms with Gasteiger partial charge in [-0.05, 0) is 40.2 Å². The quantitative estimate of drug-likeness (QED) is 0.653. The second-order valence-corrected chi connectivity index (χ2v) is 7.68. The van der Waals surface area contributed by atoms with Gasteiger partial charge in [0, 0.05) is 16.8 Å². The predicted octanol–water partition coefficient (Wildman–Crippen LogP) is 2.94. The molecule has 0 saturated carbocycles. The van der Waals surface area contributed by atoms with Crippen LogP contribution in [0.25, 0.3) is 10.2 Å². The smallest absolute Gasteiger partial charge is 0.321 e. The fraction of sp³-hybridized carbons (Fsp3) is 0.467. The van der Waals surface area contributed by atoms with Crippen molar-refractivity contribution in [1.29, 1.82) is 0 Å². The molecule has 0 unspecified atom stereocenters. The second kappa shape index (κ2) is 7.27. The zero-order valence-corrected chi connectivity index (χ0v) is 15.4. The third-order valence-electron chi connectivity index (χ3n) is 3.34. The van der Waals surface area contributed by atoms with Crippen LogP contribution >= 0.6 is 23.1 Å². The summed E-state index contributed by atoms with van der Waals surface area (Å²) in [6.45, 7) is 9.96. The van der Waals surface area contributed by atoms with Gasteiger partial charge in [0.1, 0.15) is 15.7 Å². The van der Waals surface area contributed by atoms with Crippen LogP contribution in [0.5, 0.6) is 0 Å². The number of urea groups is 1. The van der Waals surface area contributed by atoms with Crippen LogP contribution in [0, 0.1) is 20.8 Å². The second-order valence-electron chi connectivity index (χ2n) is 5.15. The molecule has 0 aliphatic rings. The molecule has 6 nitrogen and oxygen atoms in total. The van der Waals surface area contributed by atoms with Crippen LogP contribution in [-0.2, 0) is 4.79 Å². The Morgan fingerprint density at radius 3 is 2.61 bits per heavy atom. The van der Waals surface area contributed by atoms with E-state index in [2.05, 4.69) is 27.5 Å². The summed E-state index contributed by atoms with van der Waals surface area (Å²) in [6, 6.07) is -0.475. The Labute approximate surface area is 143 Å². The molecule has 0 aliphatic carbocycles. The number of fused-ring (bicyclic) bond motifs is 1. The molecule has 2 aromatic heterocycles. The van der Waals surface area contributed by atoms with Crippen molar-refractivity contribution >= 4 is 45.3 Å². The van der Waals surface area contributed by atoms with Crippen LogP contribution in [0.3, 0.4) is 0 Å². The van der Waals surface area contributed by atoms with Crippen LogP contribution in [0.2, 0.25) is 0 Å². The lowest BCUT2D eigenvalue weighted by atomic mass is 10.2. The average molecular weight is 352 g/mol. The van der Waals surface area contributed by atoms with Gasteiger partial charge in [0.05, 0.1) is 5.25 Å². The highest BCUT2D eigenvalue weighted by molar-refractivity contribution is 8.00. The fourth-order valence-corrected chi connectivity index (χ4v) is 4.23. The SMILES string of the molecule is CCNC(=O)NC(=O)[C@@H](C)Sc1nc(C)nc2sc(C)c(C)c12. The minimum atomic E-state index is -0.475. The van der Waals surface area contributed by atoms with Crippen LogP contribution < -0.4 is 10.6 Å². The summed E-state index contributed by atoms with van der Waals surface area (Å²) in [7, 11) is 0. The van der Waals surface area contributed by atoms with Gasteiger partial charge in [-0.1, -0.05) is 11.8 Å². The number of amides is 3. The predicted molar refractivity (Wildman–Crippen MR) is 94.2 cm³/mol. The Kier molecular flexibility index (Phi) is 5.59. The molecule has 3 amide bonds. The molecule has 2 aromatic rings. The van der Waals surface area contributed by atoms with Crippen molar-refractivity contribution in [2.75, 3.05) is 6.54 Å². The number of aryl methyl sites for hydroxylation is 3. The van der Waals surface area contributed by atoms with Crippen LogP contribution in [-0.4, -0.2) is 33.7 Å². The molecule has 1 atom stereocenters. The first kappa shape index (κ1) is 17.7. The zero-order valence-electron chi connectivity index (χ0n) is 13.8. The van der Waals surface area contributed by atoms with Crippen molar-refractivity contribution in [3.8, 4) is 0 Å². The number of hydrogen-bond donors (Lipinski definition) is 2. The van der Waals surface area contributed by atoms with Gasteiger partial charge in [-0.25, -0.2) is 14.8 Å². The molecule has 2 heterocycles. The van der Waals surface area contributed by atoms with Crippen LogP contribution in [0.4, 0.5) is 4.79 Å². The van der Waals surface area contributed by atoms with E-state index in [9.17, 15) is 9.59 Å². The molecule has 2 N–H and O–H groups in total. The molecule has 0 aromatic carbocycles. The molecule has 0 aliphatic heterocycles. The van der Waals surface area contributed by atoms with Crippen molar-refractivity contribution in [2.45, 2.75) is 44.9 Å². The molecular formula is C15H20N4O2S2. The summed E-state index contributed by atoms with van der Waals surface area (Å²) >= 11 is 2.98. The Bertz CT molecular complexity index is 758. The molecule has 0 fully saturated rings. The normalized spacial score (nSPS) is 12.2. The maximum Gasteiger partial charge on any atom is 0.321 e. The lowest BCUT2D eigenvalue weighted by molar-refractivity contribution is -0.119. The molecule has 0 radical (unpaired) electrons. The number of thioether (sulfide) groups is 1. The van der Waals surface area contributed by atoms with E-state index in [1.807, 2.05) is 13.8 Å². The third kappa shape index (κ3) is 4.00. The summed E-state index contributed by atoms with van der Waals surface area (Å²) in [5.41, 5.74) is 1.14. The van der Waals surface area contributed by atoms with Gasteiger partial charge in [0.15, 0.2) is 0 Å². The van der Waals surface area contributed by atoms with Crippen molar-refractivity contribution in [1.82, 2.24) is 20.6 Å². The van der Waals surface area contributed by atoms with Gasteiger partial charge in [-0.2, -0.15) is 0 Å². The Morgan fingerprint density at radius 1 is 1.26 bits per heavy atom. The summed E-state index contributed by atoms with van der Waals surface area (Å²) in [5, 5.41) is 6.23. The number of imide groups is 1. The first-order valence-corrected chi connectivity index (χ1v) is 9.02. The Balaban J connectivity index is 2.24. The number of nitrogens with zero attached hydrogens (tertiary/aromatic N) is 2. The number of carbonyl (C=O) groups excluding carboxylic acids is 2. The van der Waals surface area contributed by atoms with E-state index in [4.69, 9.17) is 0 Å². The molecule has 124 valence electrons. The zero-order chi connectivity index (χ0) is 17.1. The first-order valence-electron chi connectivity index (χ1n) is 7.33. The number of nitrogens with one attached hydrogen (secondary N) is 2. The van der Waals surface area contributed by atoms with E-state index in [0.717, 1.165) is 20.8 Å². The van der Waals surface area contributed by atoms with Crippen LogP contribution in [0.15, 0.2) is 5.03 Å². The fourth-order valence-electron chi connectivity index (χ4n) is 2.04. The van der Waals surface area contributed by atoms with E-state index in [0.29, 0.717) is 12.4 Å². The lowest BCUT2D eigenvalue weighted by Crippen LogP contribution is -2.42. The number of rotatable bonds is 4. The monoisotopic (exact) mass is 352 g/mol. The molecule has 0 bridgehead atoms. The van der Waals surface area contributed by atoms with Gasteiger partial charge in [-0.15, -0.1) is 11.3 Å². The van der Waals surface area contributed by atoms with Gasteiger partial charge >= 0.3 is 6.03 Å². The van der Waals surface area contributed by atoms with Crippen molar-refractivity contribution in [3.05, 3.63) is 16.3 Å². The largest absolute Gasteiger partial charge is 0.338 e. The highest BCUT2D eigenvalue weighted by atomic mass is 32.2. The van der Waals surface area contributed by atoms with Gasteiger partial charge in [-0.3, -0.25) is 10.1 Å². The van der Waals surface area contributed by atoms with Gasteiger partial charge < -0.3 is 5.32 Å². The van der Waals surface area contributed by atoms with E-state index < -0.39 is 11.3 Å². The third-order valence-corrected chi connectivity index (χ3v) is 5.53. The van der Waals surface area contributed by atoms with Crippen molar-refractivity contribution in [3.63, 3.8) is 0 Å². The van der Waals surface area contributed by atoms with Gasteiger partial charge in [0.2, 0.25) is 5.91 Å². The van der Waals surface area contributed by atoms with Crippen LogP contribution in [0.1, 0.15) is 30.1 Å². The van der Waals surface area contributed by atoms with E-state index in [1.165, 1.54) is 16.6 Å². The summed E-state index contributed by atoms with van der Waals surface area (Å²) in [4.78, 5) is 34.7. The highest BCUT2D eigenvalue weighted by Crippen LogP contribution is 2.36. The van der Waals surface area contributed by atoms with E-state index >= 15 is 0 Å².